The van der Waals surface area contributed by atoms with Gasteiger partial charge in [-0.2, -0.15) is 0 Å². The van der Waals surface area contributed by atoms with E-state index >= 15 is 0 Å². The van der Waals surface area contributed by atoms with Gasteiger partial charge in [0.2, 0.25) is 5.91 Å². The van der Waals surface area contributed by atoms with Crippen molar-refractivity contribution in [2.24, 2.45) is 11.1 Å². The van der Waals surface area contributed by atoms with Crippen LogP contribution >= 0.6 is 0 Å². The highest BCUT2D eigenvalue weighted by atomic mass is 16.5. The number of hydrogen-bond acceptors (Lipinski definition) is 4. The minimum absolute atomic E-state index is 0.0135. The Hall–Kier alpha value is -1.75. The molecule has 1 unspecified atom stereocenters. The summed E-state index contributed by atoms with van der Waals surface area (Å²) in [5, 5.41) is 12.3. The SMILES string of the molecule is COc1ccc(NC(=O)CC(N)C(C)(C)C)cc1O. The zero-order chi connectivity index (χ0) is 14.6. The summed E-state index contributed by atoms with van der Waals surface area (Å²) in [7, 11) is 1.47. The molecular formula is C14H22N2O3. The maximum Gasteiger partial charge on any atom is 0.225 e. The summed E-state index contributed by atoms with van der Waals surface area (Å²) in [5.74, 6) is 0.178. The van der Waals surface area contributed by atoms with Gasteiger partial charge in [-0.25, -0.2) is 0 Å². The van der Waals surface area contributed by atoms with E-state index in [9.17, 15) is 9.90 Å². The van der Waals surface area contributed by atoms with Crippen molar-refractivity contribution in [1.82, 2.24) is 0 Å². The normalized spacial score (nSPS) is 12.9. The molecule has 5 nitrogen and oxygen atoms in total. The van der Waals surface area contributed by atoms with Crippen molar-refractivity contribution >= 4 is 11.6 Å². The van der Waals surface area contributed by atoms with Crippen LogP contribution in [0.5, 0.6) is 11.5 Å². The van der Waals surface area contributed by atoms with E-state index in [2.05, 4.69) is 5.32 Å². The minimum Gasteiger partial charge on any atom is -0.504 e. The molecule has 1 aromatic carbocycles. The Balaban J connectivity index is 2.65. The fourth-order valence-corrected chi connectivity index (χ4v) is 1.49. The van der Waals surface area contributed by atoms with E-state index in [4.69, 9.17) is 10.5 Å². The van der Waals surface area contributed by atoms with Gasteiger partial charge in [0.05, 0.1) is 7.11 Å². The van der Waals surface area contributed by atoms with Crippen molar-refractivity contribution < 1.29 is 14.6 Å². The highest BCUT2D eigenvalue weighted by Crippen LogP contribution is 2.28. The third-order valence-electron chi connectivity index (χ3n) is 2.98. The molecule has 5 heteroatoms. The number of phenols is 1. The molecule has 0 radical (unpaired) electrons. The summed E-state index contributed by atoms with van der Waals surface area (Å²) >= 11 is 0. The van der Waals surface area contributed by atoms with Gasteiger partial charge < -0.3 is 20.9 Å². The first-order valence-corrected chi connectivity index (χ1v) is 6.16. The van der Waals surface area contributed by atoms with Crippen molar-refractivity contribution in [2.75, 3.05) is 12.4 Å². The molecule has 0 saturated heterocycles. The topological polar surface area (TPSA) is 84.6 Å². The van der Waals surface area contributed by atoms with Crippen molar-refractivity contribution in [3.05, 3.63) is 18.2 Å². The third-order valence-corrected chi connectivity index (χ3v) is 2.98. The van der Waals surface area contributed by atoms with Crippen LogP contribution in [0.2, 0.25) is 0 Å². The Morgan fingerprint density at radius 3 is 2.58 bits per heavy atom. The van der Waals surface area contributed by atoms with Crippen LogP contribution in [0.15, 0.2) is 18.2 Å². The summed E-state index contributed by atoms with van der Waals surface area (Å²) in [6.07, 6.45) is 0.232. The van der Waals surface area contributed by atoms with Crippen molar-refractivity contribution in [1.29, 1.82) is 0 Å². The number of benzene rings is 1. The minimum atomic E-state index is -0.223. The Kier molecular flexibility index (Phi) is 4.78. The second-order valence-corrected chi connectivity index (χ2v) is 5.61. The number of carbonyl (C=O) groups is 1. The lowest BCUT2D eigenvalue weighted by atomic mass is 9.85. The first-order valence-electron chi connectivity index (χ1n) is 6.16. The molecule has 19 heavy (non-hydrogen) atoms. The van der Waals surface area contributed by atoms with E-state index in [-0.39, 0.29) is 29.5 Å². The molecule has 0 spiro atoms. The first kappa shape index (κ1) is 15.3. The Morgan fingerprint density at radius 2 is 2.11 bits per heavy atom. The summed E-state index contributed by atoms with van der Waals surface area (Å²) in [4.78, 5) is 11.8. The van der Waals surface area contributed by atoms with Gasteiger partial charge in [-0.05, 0) is 17.5 Å². The highest BCUT2D eigenvalue weighted by molar-refractivity contribution is 5.91. The van der Waals surface area contributed by atoms with Gasteiger partial charge in [0, 0.05) is 24.2 Å². The van der Waals surface area contributed by atoms with Crippen LogP contribution in [0.4, 0.5) is 5.69 Å². The number of ether oxygens (including phenoxy) is 1. The van der Waals surface area contributed by atoms with Crippen molar-refractivity contribution in [3.63, 3.8) is 0 Å². The average molecular weight is 266 g/mol. The second kappa shape index (κ2) is 5.93. The Labute approximate surface area is 113 Å². The van der Waals surface area contributed by atoms with Crippen molar-refractivity contribution in [3.8, 4) is 11.5 Å². The van der Waals surface area contributed by atoms with E-state index in [1.54, 1.807) is 12.1 Å². The molecule has 1 atom stereocenters. The van der Waals surface area contributed by atoms with Crippen LogP contribution in [0.3, 0.4) is 0 Å². The van der Waals surface area contributed by atoms with Crippen LogP contribution in [0, 0.1) is 5.41 Å². The van der Waals surface area contributed by atoms with E-state index in [0.717, 1.165) is 0 Å². The summed E-state index contributed by atoms with van der Waals surface area (Å²) in [5.41, 5.74) is 6.34. The molecule has 0 heterocycles. The van der Waals surface area contributed by atoms with Gasteiger partial charge in [0.25, 0.3) is 0 Å². The number of amides is 1. The molecule has 1 amide bonds. The number of methoxy groups -OCH3 is 1. The van der Waals surface area contributed by atoms with Crippen LogP contribution in [-0.2, 0) is 4.79 Å². The van der Waals surface area contributed by atoms with E-state index in [0.29, 0.717) is 11.4 Å². The fourth-order valence-electron chi connectivity index (χ4n) is 1.49. The van der Waals surface area contributed by atoms with Crippen LogP contribution in [-0.4, -0.2) is 24.2 Å². The molecule has 1 aromatic rings. The predicted molar refractivity (Wildman–Crippen MR) is 75.3 cm³/mol. The molecule has 106 valence electrons. The largest absolute Gasteiger partial charge is 0.504 e. The highest BCUT2D eigenvalue weighted by Gasteiger charge is 2.23. The second-order valence-electron chi connectivity index (χ2n) is 5.61. The summed E-state index contributed by atoms with van der Waals surface area (Å²) < 4.78 is 4.93. The fraction of sp³-hybridized carbons (Fsp3) is 0.500. The van der Waals surface area contributed by atoms with Gasteiger partial charge in [0.1, 0.15) is 0 Å². The average Bonchev–Trinajstić information content (AvgIpc) is 2.27. The first-order chi connectivity index (χ1) is 8.74. The number of nitrogens with one attached hydrogen (secondary N) is 1. The molecular weight excluding hydrogens is 244 g/mol. The van der Waals surface area contributed by atoms with Gasteiger partial charge >= 0.3 is 0 Å². The van der Waals surface area contributed by atoms with Crippen LogP contribution in [0.1, 0.15) is 27.2 Å². The quantitative estimate of drug-likeness (QED) is 0.779. The lowest BCUT2D eigenvalue weighted by Gasteiger charge is -2.26. The zero-order valence-electron chi connectivity index (χ0n) is 11.9. The number of hydrogen-bond donors (Lipinski definition) is 3. The van der Waals surface area contributed by atoms with Crippen molar-refractivity contribution in [2.45, 2.75) is 33.2 Å². The standard InChI is InChI=1S/C14H22N2O3/c1-14(2,3)12(15)8-13(18)16-9-5-6-11(19-4)10(17)7-9/h5-7,12,17H,8,15H2,1-4H3,(H,16,18). The maximum absolute atomic E-state index is 11.8. The molecule has 0 saturated carbocycles. The number of nitrogens with two attached hydrogens (primary N) is 1. The molecule has 4 N–H and O–H groups in total. The molecule has 0 aliphatic rings. The molecule has 0 bridgehead atoms. The van der Waals surface area contributed by atoms with E-state index in [1.807, 2.05) is 20.8 Å². The molecule has 0 aliphatic heterocycles. The lowest BCUT2D eigenvalue weighted by molar-refractivity contribution is -0.117. The van der Waals surface area contributed by atoms with Gasteiger partial charge in [-0.1, -0.05) is 20.8 Å². The lowest BCUT2D eigenvalue weighted by Crippen LogP contribution is -2.38. The molecule has 0 fully saturated rings. The maximum atomic E-state index is 11.8. The third kappa shape index (κ3) is 4.44. The number of rotatable bonds is 4. The van der Waals surface area contributed by atoms with Gasteiger partial charge in [-0.15, -0.1) is 0 Å². The van der Waals surface area contributed by atoms with Crippen LogP contribution in [0.25, 0.3) is 0 Å². The molecule has 0 aromatic heterocycles. The number of phenolic OH excluding ortho intramolecular Hbond substituents is 1. The predicted octanol–water partition coefficient (Wildman–Crippen LogP) is 2.10. The number of anilines is 1. The molecule has 0 aliphatic carbocycles. The van der Waals surface area contributed by atoms with Gasteiger partial charge in [-0.3, -0.25) is 4.79 Å². The van der Waals surface area contributed by atoms with Crippen LogP contribution < -0.4 is 15.8 Å². The number of carbonyl (C=O) groups excluding carboxylic acids is 1. The monoisotopic (exact) mass is 266 g/mol. The van der Waals surface area contributed by atoms with E-state index < -0.39 is 0 Å². The zero-order valence-corrected chi connectivity index (χ0v) is 11.9. The smallest absolute Gasteiger partial charge is 0.225 e. The Morgan fingerprint density at radius 1 is 1.47 bits per heavy atom. The number of aromatic hydroxyl groups is 1. The Bertz CT molecular complexity index is 452. The summed E-state index contributed by atoms with van der Waals surface area (Å²) in [6.45, 7) is 5.97. The molecule has 1 rings (SSSR count). The van der Waals surface area contributed by atoms with Gasteiger partial charge in [0.15, 0.2) is 11.5 Å². The summed E-state index contributed by atoms with van der Waals surface area (Å²) in [6, 6.07) is 4.48. The van der Waals surface area contributed by atoms with E-state index in [1.165, 1.54) is 13.2 Å².